The second-order valence-electron chi connectivity index (χ2n) is 9.04. The Morgan fingerprint density at radius 3 is 2.33 bits per heavy atom. The highest BCUT2D eigenvalue weighted by Crippen LogP contribution is 2.50. The molecule has 5 rings (SSSR count). The maximum Gasteiger partial charge on any atom is 0.264 e. The van der Waals surface area contributed by atoms with Crippen molar-refractivity contribution in [2.24, 2.45) is 5.92 Å². The van der Waals surface area contributed by atoms with E-state index < -0.39 is 10.0 Å². The first-order valence-corrected chi connectivity index (χ1v) is 12.8. The fraction of sp³-hybridized carbons (Fsp3) is 0.333. The fourth-order valence-corrected chi connectivity index (χ4v) is 6.70. The van der Waals surface area contributed by atoms with Crippen LogP contribution in [-0.2, 0) is 14.8 Å². The lowest BCUT2D eigenvalue weighted by Crippen LogP contribution is -2.46. The molecule has 3 atom stereocenters. The van der Waals surface area contributed by atoms with Gasteiger partial charge >= 0.3 is 0 Å². The summed E-state index contributed by atoms with van der Waals surface area (Å²) in [5, 5.41) is 0. The maximum atomic E-state index is 13.8. The van der Waals surface area contributed by atoms with Crippen molar-refractivity contribution in [1.29, 1.82) is 0 Å². The number of hydrogen-bond acceptors (Lipinski definition) is 4. The van der Waals surface area contributed by atoms with Gasteiger partial charge in [-0.1, -0.05) is 47.5 Å². The average molecular weight is 464 g/mol. The zero-order valence-corrected chi connectivity index (χ0v) is 20.0. The molecular weight excluding hydrogens is 434 g/mol. The Hall–Kier alpha value is -2.83. The van der Waals surface area contributed by atoms with Gasteiger partial charge in [0.1, 0.15) is 5.75 Å². The summed E-state index contributed by atoms with van der Waals surface area (Å²) in [6, 6.07) is 21.1. The van der Waals surface area contributed by atoms with E-state index in [4.69, 9.17) is 9.47 Å². The van der Waals surface area contributed by atoms with Gasteiger partial charge in [0.25, 0.3) is 10.0 Å². The highest BCUT2D eigenvalue weighted by molar-refractivity contribution is 7.92. The molecule has 1 saturated heterocycles. The first-order valence-electron chi connectivity index (χ1n) is 11.3. The van der Waals surface area contributed by atoms with Crippen LogP contribution in [0.5, 0.6) is 5.75 Å². The number of nitrogens with zero attached hydrogens (tertiary/aromatic N) is 1. The third-order valence-electron chi connectivity index (χ3n) is 6.91. The third kappa shape index (κ3) is 3.91. The van der Waals surface area contributed by atoms with Gasteiger partial charge in [-0.15, -0.1) is 0 Å². The van der Waals surface area contributed by atoms with Gasteiger partial charge < -0.3 is 9.47 Å². The van der Waals surface area contributed by atoms with Gasteiger partial charge in [-0.05, 0) is 67.6 Å². The van der Waals surface area contributed by atoms with Gasteiger partial charge in [0.2, 0.25) is 0 Å². The van der Waals surface area contributed by atoms with Gasteiger partial charge in [0.05, 0.1) is 23.8 Å². The summed E-state index contributed by atoms with van der Waals surface area (Å²) in [4.78, 5) is 0.316. The second-order valence-corrected chi connectivity index (χ2v) is 10.9. The largest absolute Gasteiger partial charge is 0.497 e. The zero-order valence-electron chi connectivity index (χ0n) is 19.2. The van der Waals surface area contributed by atoms with Crippen LogP contribution < -0.4 is 9.04 Å². The van der Waals surface area contributed by atoms with Gasteiger partial charge in [-0.25, -0.2) is 8.42 Å². The highest BCUT2D eigenvalue weighted by atomic mass is 32.2. The van der Waals surface area contributed by atoms with Crippen LogP contribution in [0.1, 0.15) is 40.7 Å². The smallest absolute Gasteiger partial charge is 0.264 e. The summed E-state index contributed by atoms with van der Waals surface area (Å²) in [6.07, 6.45) is 0.700. The summed E-state index contributed by atoms with van der Waals surface area (Å²) < 4.78 is 40.8. The minimum absolute atomic E-state index is 0.0154. The van der Waals surface area contributed by atoms with E-state index in [1.165, 1.54) is 0 Å². The average Bonchev–Trinajstić information content (AvgIpc) is 2.83. The van der Waals surface area contributed by atoms with Crippen molar-refractivity contribution in [3.63, 3.8) is 0 Å². The molecule has 0 amide bonds. The molecule has 0 radical (unpaired) electrons. The second kappa shape index (κ2) is 8.50. The summed E-state index contributed by atoms with van der Waals surface area (Å²) in [6.45, 7) is 5.05. The summed E-state index contributed by atoms with van der Waals surface area (Å²) >= 11 is 0. The number of aryl methyl sites for hydroxylation is 2. The normalized spacial score (nSPS) is 22.4. The Morgan fingerprint density at radius 1 is 0.939 bits per heavy atom. The minimum Gasteiger partial charge on any atom is -0.497 e. The Bertz CT molecular complexity index is 1250. The van der Waals surface area contributed by atoms with Gasteiger partial charge in [-0.2, -0.15) is 0 Å². The standard InChI is InChI=1S/C27H29NO4S/c1-18-4-11-22(12-5-18)33(29,30)28-17-25-23(24-16-19(2)6-13-26(24)28)14-15-32-27(25)20-7-9-21(31-3)10-8-20/h4-13,16,23,25,27H,14-15,17H2,1-3H3/t23-,25-,27+/m0/s1. The quantitative estimate of drug-likeness (QED) is 0.521. The number of rotatable bonds is 4. The summed E-state index contributed by atoms with van der Waals surface area (Å²) in [5.41, 5.74) is 5.11. The minimum atomic E-state index is -3.71. The van der Waals surface area contributed by atoms with E-state index in [0.29, 0.717) is 18.0 Å². The molecular formula is C27H29NO4S. The van der Waals surface area contributed by atoms with E-state index in [-0.39, 0.29) is 17.9 Å². The number of fused-ring (bicyclic) bond motifs is 3. The van der Waals surface area contributed by atoms with Gasteiger partial charge in [0, 0.05) is 19.1 Å². The van der Waals surface area contributed by atoms with E-state index in [9.17, 15) is 8.42 Å². The van der Waals surface area contributed by atoms with E-state index >= 15 is 0 Å². The van der Waals surface area contributed by atoms with Crippen molar-refractivity contribution >= 4 is 15.7 Å². The van der Waals surface area contributed by atoms with Crippen LogP contribution in [0, 0.1) is 19.8 Å². The SMILES string of the molecule is COc1ccc([C@H]2OCC[C@H]3c4cc(C)ccc4N(S(=O)(=O)c4ccc(C)cc4)C[C@H]23)cc1. The molecule has 0 bridgehead atoms. The van der Waals surface area contributed by atoms with Crippen LogP contribution in [0.2, 0.25) is 0 Å². The maximum absolute atomic E-state index is 13.8. The molecule has 172 valence electrons. The molecule has 0 aliphatic carbocycles. The van der Waals surface area contributed by atoms with E-state index in [2.05, 4.69) is 13.0 Å². The van der Waals surface area contributed by atoms with Crippen LogP contribution in [0.25, 0.3) is 0 Å². The van der Waals surface area contributed by atoms with Crippen molar-refractivity contribution in [3.05, 3.63) is 89.0 Å². The van der Waals surface area contributed by atoms with Crippen LogP contribution >= 0.6 is 0 Å². The molecule has 33 heavy (non-hydrogen) atoms. The molecule has 0 aromatic heterocycles. The van der Waals surface area contributed by atoms with Crippen LogP contribution in [0.4, 0.5) is 5.69 Å². The molecule has 6 heteroatoms. The summed E-state index contributed by atoms with van der Waals surface area (Å²) in [5.74, 6) is 1.05. The predicted octanol–water partition coefficient (Wildman–Crippen LogP) is 5.38. The number of anilines is 1. The number of ether oxygens (including phenoxy) is 2. The fourth-order valence-electron chi connectivity index (χ4n) is 5.17. The van der Waals surface area contributed by atoms with Crippen molar-refractivity contribution in [3.8, 4) is 5.75 Å². The molecule has 5 nitrogen and oxygen atoms in total. The molecule has 3 aromatic rings. The van der Waals surface area contributed by atoms with Crippen LogP contribution in [-0.4, -0.2) is 28.7 Å². The first-order chi connectivity index (χ1) is 15.9. The molecule has 2 aliphatic heterocycles. The molecule has 2 heterocycles. The predicted molar refractivity (Wildman–Crippen MR) is 129 cm³/mol. The number of methoxy groups -OCH3 is 1. The van der Waals surface area contributed by atoms with E-state index in [0.717, 1.165) is 40.1 Å². The molecule has 3 aromatic carbocycles. The first kappa shape index (κ1) is 22.0. The lowest BCUT2D eigenvalue weighted by Gasteiger charge is -2.46. The number of hydrogen-bond donors (Lipinski definition) is 0. The third-order valence-corrected chi connectivity index (χ3v) is 8.71. The Kier molecular flexibility index (Phi) is 5.67. The van der Waals surface area contributed by atoms with Crippen molar-refractivity contribution in [2.75, 3.05) is 24.6 Å². The van der Waals surface area contributed by atoms with E-state index in [1.807, 2.05) is 55.5 Å². The van der Waals surface area contributed by atoms with Crippen molar-refractivity contribution in [2.45, 2.75) is 37.2 Å². The van der Waals surface area contributed by atoms with Gasteiger partial charge in [0.15, 0.2) is 0 Å². The highest BCUT2D eigenvalue weighted by Gasteiger charge is 2.45. The van der Waals surface area contributed by atoms with E-state index in [1.54, 1.807) is 23.5 Å². The lowest BCUT2D eigenvalue weighted by molar-refractivity contribution is -0.0384. The molecule has 0 saturated carbocycles. The molecule has 0 spiro atoms. The molecule has 2 aliphatic rings. The molecule has 1 fully saturated rings. The zero-order chi connectivity index (χ0) is 23.2. The Labute approximate surface area is 196 Å². The van der Waals surface area contributed by atoms with Crippen molar-refractivity contribution < 1.29 is 17.9 Å². The lowest BCUT2D eigenvalue weighted by atomic mass is 9.74. The van der Waals surface area contributed by atoms with Crippen molar-refractivity contribution in [1.82, 2.24) is 0 Å². The van der Waals surface area contributed by atoms with Crippen LogP contribution in [0.15, 0.2) is 71.6 Å². The number of sulfonamides is 1. The topological polar surface area (TPSA) is 55.8 Å². The van der Waals surface area contributed by atoms with Gasteiger partial charge in [-0.3, -0.25) is 4.31 Å². The Morgan fingerprint density at radius 2 is 1.64 bits per heavy atom. The number of benzene rings is 3. The summed E-state index contributed by atoms with van der Waals surface area (Å²) in [7, 11) is -2.06. The molecule has 0 unspecified atom stereocenters. The Balaban J connectivity index is 1.60. The van der Waals surface area contributed by atoms with Crippen LogP contribution in [0.3, 0.4) is 0 Å². The monoisotopic (exact) mass is 463 g/mol. The molecule has 0 N–H and O–H groups in total.